The van der Waals surface area contributed by atoms with Gasteiger partial charge in [-0.05, 0) is 0 Å². The molecule has 0 amide bonds. The second-order valence-electron chi connectivity index (χ2n) is 1.06. The minimum Gasteiger partial charge on any atom is -0.302 e. The third kappa shape index (κ3) is 17.8. The zero-order chi connectivity index (χ0) is 9.71. The summed E-state index contributed by atoms with van der Waals surface area (Å²) in [5, 5.41) is 0. The van der Waals surface area contributed by atoms with E-state index in [-0.39, 0.29) is 0 Å². The minimum atomic E-state index is -5.05. The first-order valence-corrected chi connectivity index (χ1v) is 4.92. The Kier molecular flexibility index (Phi) is 6.17. The average molecular weight is 210 g/mol. The van der Waals surface area contributed by atoms with E-state index in [0.29, 0.717) is 0 Å². The molecule has 0 radical (unpaired) electrons. The van der Waals surface area contributed by atoms with E-state index in [2.05, 4.69) is 16.0 Å². The van der Waals surface area contributed by atoms with Gasteiger partial charge in [-0.1, -0.05) is 0 Å². The highest BCUT2D eigenvalue weighted by Gasteiger charge is 2.27. The predicted molar refractivity (Wildman–Crippen MR) is 33.5 cm³/mol. The molecule has 0 bridgehead atoms. The van der Waals surface area contributed by atoms with Crippen molar-refractivity contribution in [1.29, 1.82) is 0 Å². The maximum atomic E-state index is 9.63. The molecule has 11 heavy (non-hydrogen) atoms. The van der Waals surface area contributed by atoms with Crippen molar-refractivity contribution in [2.45, 2.75) is 0 Å². The summed E-state index contributed by atoms with van der Waals surface area (Å²) in [5.74, 6) is 8.00. The van der Waals surface area contributed by atoms with Gasteiger partial charge in [-0.3, -0.25) is 11.7 Å². The summed E-state index contributed by atoms with van der Waals surface area (Å²) in [6.07, 6.45) is 0. The van der Waals surface area contributed by atoms with Crippen LogP contribution >= 0.6 is 15.6 Å². The monoisotopic (exact) mass is 210 g/mol. The molecular weight excluding hydrogens is 202 g/mol. The fourth-order valence-electron chi connectivity index (χ4n) is 0.139. The molecule has 0 aliphatic heterocycles. The zero-order valence-electron chi connectivity index (χ0n) is 5.06. The molecule has 0 unspecified atom stereocenters. The van der Waals surface area contributed by atoms with E-state index in [0.717, 1.165) is 0 Å². The van der Waals surface area contributed by atoms with Crippen molar-refractivity contribution in [1.82, 2.24) is 0 Å². The topological polar surface area (TPSA) is 176 Å². The van der Waals surface area contributed by atoms with Crippen molar-refractivity contribution in [2.24, 2.45) is 11.7 Å². The summed E-state index contributed by atoms with van der Waals surface area (Å²) < 4.78 is 22.2. The van der Waals surface area contributed by atoms with E-state index in [1.807, 2.05) is 0 Å². The molecule has 0 saturated carbocycles. The minimum absolute atomic E-state index is 2.96. The molecule has 0 atom stereocenters. The molecule has 11 heteroatoms. The molecule has 8 N–H and O–H groups in total. The molecule has 0 aliphatic rings. The SMILES string of the molecule is NN.O=P(O)(O)OP(=O)(O)O. The van der Waals surface area contributed by atoms with Gasteiger partial charge in [-0.25, -0.2) is 9.13 Å². The van der Waals surface area contributed by atoms with Crippen LogP contribution in [0.4, 0.5) is 0 Å². The lowest BCUT2D eigenvalue weighted by Crippen LogP contribution is -2.02. The Morgan fingerprint density at radius 1 is 0.909 bits per heavy atom. The summed E-state index contributed by atoms with van der Waals surface area (Å²) in [7, 11) is -10.1. The van der Waals surface area contributed by atoms with Crippen molar-refractivity contribution in [3.8, 4) is 0 Å². The number of nitrogens with two attached hydrogens (primary N) is 2. The second kappa shape index (κ2) is 4.94. The van der Waals surface area contributed by atoms with E-state index >= 15 is 0 Å². The predicted octanol–water partition coefficient (Wildman–Crippen LogP) is -1.99. The van der Waals surface area contributed by atoms with E-state index in [1.165, 1.54) is 0 Å². The smallest absolute Gasteiger partial charge is 0.302 e. The van der Waals surface area contributed by atoms with Gasteiger partial charge in [0.05, 0.1) is 0 Å². The van der Waals surface area contributed by atoms with Gasteiger partial charge in [0, 0.05) is 0 Å². The molecule has 0 aromatic carbocycles. The van der Waals surface area contributed by atoms with Crippen LogP contribution in [-0.4, -0.2) is 19.6 Å². The van der Waals surface area contributed by atoms with Crippen LogP contribution in [0.25, 0.3) is 0 Å². The van der Waals surface area contributed by atoms with Gasteiger partial charge in [0.25, 0.3) is 0 Å². The van der Waals surface area contributed by atoms with Gasteiger partial charge in [0.2, 0.25) is 0 Å². The largest absolute Gasteiger partial charge is 0.478 e. The highest BCUT2D eigenvalue weighted by Crippen LogP contribution is 2.53. The average Bonchev–Trinajstić information content (AvgIpc) is 1.60. The number of hydrogen-bond donors (Lipinski definition) is 6. The first-order chi connectivity index (χ1) is 4.71. The summed E-state index contributed by atoms with van der Waals surface area (Å²) in [6.45, 7) is 0. The lowest BCUT2D eigenvalue weighted by molar-refractivity contribution is 0.225. The Bertz CT molecular complexity index is 155. The Balaban J connectivity index is 0. The van der Waals surface area contributed by atoms with E-state index in [1.54, 1.807) is 0 Å². The van der Waals surface area contributed by atoms with Crippen LogP contribution in [-0.2, 0) is 13.4 Å². The molecule has 0 aromatic rings. The number of rotatable bonds is 2. The first kappa shape index (κ1) is 13.7. The summed E-state index contributed by atoms with van der Waals surface area (Å²) >= 11 is 0. The van der Waals surface area contributed by atoms with Crippen LogP contribution in [0.15, 0.2) is 0 Å². The Morgan fingerprint density at radius 2 is 1.09 bits per heavy atom. The van der Waals surface area contributed by atoms with Crippen molar-refractivity contribution in [3.05, 3.63) is 0 Å². The van der Waals surface area contributed by atoms with Crippen molar-refractivity contribution in [3.63, 3.8) is 0 Å². The van der Waals surface area contributed by atoms with E-state index in [4.69, 9.17) is 19.6 Å². The number of hydrazine groups is 1. The van der Waals surface area contributed by atoms with Crippen molar-refractivity contribution in [2.75, 3.05) is 0 Å². The lowest BCUT2D eigenvalue weighted by Gasteiger charge is -2.03. The Hall–Kier alpha value is 0.180. The highest BCUT2D eigenvalue weighted by atomic mass is 31.3. The summed E-state index contributed by atoms with van der Waals surface area (Å²) in [5.41, 5.74) is 0. The third-order valence-corrected chi connectivity index (χ3v) is 1.91. The van der Waals surface area contributed by atoms with Crippen LogP contribution in [0.1, 0.15) is 0 Å². The molecule has 9 nitrogen and oxygen atoms in total. The third-order valence-electron chi connectivity index (χ3n) is 0.213. The molecule has 0 aliphatic carbocycles. The molecule has 0 heterocycles. The fourth-order valence-corrected chi connectivity index (χ4v) is 1.25. The second-order valence-corrected chi connectivity index (χ2v) is 3.68. The fraction of sp³-hybridized carbons (Fsp3) is 0. The molecular formula is H8N2O7P2. The van der Waals surface area contributed by atoms with Crippen LogP contribution in [0.3, 0.4) is 0 Å². The first-order valence-electron chi connectivity index (χ1n) is 1.86. The quantitative estimate of drug-likeness (QED) is 0.171. The standard InChI is InChI=1S/H4N2.H4O7P2/c1-2;1-8(2,3)7-9(4,5)6/h1-2H2;(H2,1,2,3)(H2,4,5,6). The van der Waals surface area contributed by atoms with Gasteiger partial charge in [0.1, 0.15) is 0 Å². The van der Waals surface area contributed by atoms with Crippen molar-refractivity contribution < 1.29 is 33.0 Å². The number of hydrogen-bond acceptors (Lipinski definition) is 5. The van der Waals surface area contributed by atoms with Gasteiger partial charge >= 0.3 is 15.6 Å². The van der Waals surface area contributed by atoms with Crippen LogP contribution < -0.4 is 11.7 Å². The van der Waals surface area contributed by atoms with Gasteiger partial charge in [-0.2, -0.15) is 4.31 Å². The van der Waals surface area contributed by atoms with Gasteiger partial charge in [0.15, 0.2) is 0 Å². The molecule has 0 rings (SSSR count). The normalized spacial score (nSPS) is 11.8. The van der Waals surface area contributed by atoms with Gasteiger partial charge < -0.3 is 19.6 Å². The highest BCUT2D eigenvalue weighted by molar-refractivity contribution is 7.60. The number of phosphoric acid groups is 2. The summed E-state index contributed by atoms with van der Waals surface area (Å²) in [4.78, 5) is 31.0. The maximum absolute atomic E-state index is 9.63. The lowest BCUT2D eigenvalue weighted by atomic mass is 13.0. The van der Waals surface area contributed by atoms with Crippen molar-refractivity contribution >= 4 is 15.6 Å². The van der Waals surface area contributed by atoms with Crippen LogP contribution in [0.5, 0.6) is 0 Å². The molecule has 0 saturated heterocycles. The zero-order valence-corrected chi connectivity index (χ0v) is 6.85. The Labute approximate surface area is 61.4 Å². The van der Waals surface area contributed by atoms with E-state index in [9.17, 15) is 9.13 Å². The van der Waals surface area contributed by atoms with E-state index < -0.39 is 15.6 Å². The summed E-state index contributed by atoms with van der Waals surface area (Å²) in [6, 6.07) is 0. The molecule has 0 aromatic heterocycles. The maximum Gasteiger partial charge on any atom is 0.478 e. The van der Waals surface area contributed by atoms with Crippen LogP contribution in [0.2, 0.25) is 0 Å². The molecule has 0 fully saturated rings. The molecule has 0 spiro atoms. The molecule has 70 valence electrons. The van der Waals surface area contributed by atoms with Gasteiger partial charge in [-0.15, -0.1) is 0 Å². The Morgan fingerprint density at radius 3 is 1.09 bits per heavy atom. The van der Waals surface area contributed by atoms with Crippen LogP contribution in [0, 0.1) is 0 Å².